The lowest BCUT2D eigenvalue weighted by molar-refractivity contribution is 0.282. The van der Waals surface area contributed by atoms with Gasteiger partial charge in [0.1, 0.15) is 0 Å². The van der Waals surface area contributed by atoms with Crippen molar-refractivity contribution in [3.8, 4) is 0 Å². The molecule has 0 bridgehead atoms. The second kappa shape index (κ2) is 4.56. The van der Waals surface area contributed by atoms with Gasteiger partial charge in [0.15, 0.2) is 0 Å². The Labute approximate surface area is 109 Å². The summed E-state index contributed by atoms with van der Waals surface area (Å²) < 4.78 is 0. The monoisotopic (exact) mass is 246 g/mol. The lowest BCUT2D eigenvalue weighted by Crippen LogP contribution is -2.29. The summed E-state index contributed by atoms with van der Waals surface area (Å²) in [5.41, 5.74) is 2.83. The number of rotatable bonds is 2. The predicted molar refractivity (Wildman–Crippen MR) is 73.7 cm³/mol. The highest BCUT2D eigenvalue weighted by atomic mass is 16.3. The predicted octanol–water partition coefficient (Wildman–Crippen LogP) is 1.71. The summed E-state index contributed by atoms with van der Waals surface area (Å²) in [6.45, 7) is 4.99. The van der Waals surface area contributed by atoms with Gasteiger partial charge in [0.05, 0.1) is 6.61 Å². The van der Waals surface area contributed by atoms with Gasteiger partial charge in [-0.25, -0.2) is 0 Å². The number of hydrogen-bond donors (Lipinski definition) is 1. The van der Waals surface area contributed by atoms with E-state index in [4.69, 9.17) is 5.11 Å². The summed E-state index contributed by atoms with van der Waals surface area (Å²) in [6.07, 6.45) is 2.66. The van der Waals surface area contributed by atoms with E-state index in [9.17, 15) is 0 Å². The van der Waals surface area contributed by atoms with Crippen LogP contribution in [0.2, 0.25) is 0 Å². The Hall–Kier alpha value is -1.06. The summed E-state index contributed by atoms with van der Waals surface area (Å²) in [6, 6.07) is 8.34. The molecule has 1 spiro atoms. The fraction of sp³-hybridized carbons (Fsp3) is 0.600. The average Bonchev–Trinajstić information content (AvgIpc) is 2.97. The molecule has 2 aliphatic rings. The Kier molecular flexibility index (Phi) is 3.04. The van der Waals surface area contributed by atoms with E-state index in [0.29, 0.717) is 5.41 Å². The van der Waals surface area contributed by atoms with E-state index in [-0.39, 0.29) is 6.61 Å². The Morgan fingerprint density at radius 2 is 1.83 bits per heavy atom. The largest absolute Gasteiger partial charge is 0.392 e. The van der Waals surface area contributed by atoms with Gasteiger partial charge < -0.3 is 14.9 Å². The van der Waals surface area contributed by atoms with E-state index in [0.717, 1.165) is 5.56 Å². The molecular weight excluding hydrogens is 224 g/mol. The minimum absolute atomic E-state index is 0.134. The van der Waals surface area contributed by atoms with Gasteiger partial charge in [0.25, 0.3) is 0 Å². The summed E-state index contributed by atoms with van der Waals surface area (Å²) in [5, 5.41) is 9.07. The summed E-state index contributed by atoms with van der Waals surface area (Å²) >= 11 is 0. The molecule has 0 radical (unpaired) electrons. The maximum atomic E-state index is 9.07. The molecule has 18 heavy (non-hydrogen) atoms. The molecule has 1 aromatic carbocycles. The van der Waals surface area contributed by atoms with Gasteiger partial charge in [0.2, 0.25) is 0 Å². The van der Waals surface area contributed by atoms with Crippen molar-refractivity contribution in [1.29, 1.82) is 0 Å². The van der Waals surface area contributed by atoms with E-state index in [1.165, 1.54) is 44.7 Å². The van der Waals surface area contributed by atoms with Crippen LogP contribution >= 0.6 is 0 Å². The van der Waals surface area contributed by atoms with Crippen molar-refractivity contribution >= 4 is 5.69 Å². The van der Waals surface area contributed by atoms with Gasteiger partial charge in [-0.15, -0.1) is 0 Å². The molecule has 98 valence electrons. The number of hydrogen-bond acceptors (Lipinski definition) is 3. The van der Waals surface area contributed by atoms with E-state index in [2.05, 4.69) is 29.0 Å². The van der Waals surface area contributed by atoms with Crippen LogP contribution in [0.1, 0.15) is 18.4 Å². The molecule has 2 fully saturated rings. The molecular formula is C15H22N2O. The summed E-state index contributed by atoms with van der Waals surface area (Å²) in [7, 11) is 2.23. The van der Waals surface area contributed by atoms with E-state index in [1.807, 2.05) is 12.1 Å². The molecule has 0 aromatic heterocycles. The van der Waals surface area contributed by atoms with Gasteiger partial charge >= 0.3 is 0 Å². The first-order chi connectivity index (χ1) is 8.71. The third kappa shape index (κ3) is 2.13. The van der Waals surface area contributed by atoms with Crippen LogP contribution in [0.25, 0.3) is 0 Å². The highest BCUT2D eigenvalue weighted by Crippen LogP contribution is 2.40. The zero-order chi connectivity index (χ0) is 12.6. The molecule has 2 aliphatic heterocycles. The van der Waals surface area contributed by atoms with Crippen LogP contribution < -0.4 is 4.90 Å². The molecule has 0 saturated carbocycles. The lowest BCUT2D eigenvalue weighted by Gasteiger charge is -2.25. The third-order valence-electron chi connectivity index (χ3n) is 4.55. The standard InChI is InChI=1S/C15H22N2O/c1-16-8-6-15(11-16)7-9-17(12-15)14-4-2-13(10-18)3-5-14/h2-5,18H,6-12H2,1H3. The van der Waals surface area contributed by atoms with Crippen molar-refractivity contribution in [2.75, 3.05) is 38.1 Å². The minimum Gasteiger partial charge on any atom is -0.392 e. The van der Waals surface area contributed by atoms with Crippen LogP contribution in [0.5, 0.6) is 0 Å². The highest BCUT2D eigenvalue weighted by molar-refractivity contribution is 5.49. The van der Waals surface area contributed by atoms with E-state index in [1.54, 1.807) is 0 Å². The number of anilines is 1. The Bertz CT molecular complexity index is 417. The molecule has 1 atom stereocenters. The van der Waals surface area contributed by atoms with Crippen molar-refractivity contribution in [3.63, 3.8) is 0 Å². The van der Waals surface area contributed by atoms with Gasteiger partial charge in [-0.2, -0.15) is 0 Å². The maximum Gasteiger partial charge on any atom is 0.0681 e. The normalized spacial score (nSPS) is 28.4. The minimum atomic E-state index is 0.134. The van der Waals surface area contributed by atoms with Crippen molar-refractivity contribution in [1.82, 2.24) is 4.90 Å². The molecule has 3 heteroatoms. The zero-order valence-electron chi connectivity index (χ0n) is 11.1. The fourth-order valence-corrected chi connectivity index (χ4v) is 3.46. The van der Waals surface area contributed by atoms with Crippen molar-refractivity contribution in [2.45, 2.75) is 19.4 Å². The highest BCUT2D eigenvalue weighted by Gasteiger charge is 2.42. The fourth-order valence-electron chi connectivity index (χ4n) is 3.46. The van der Waals surface area contributed by atoms with Gasteiger partial charge in [-0.3, -0.25) is 0 Å². The SMILES string of the molecule is CN1CCC2(CCN(c3ccc(CO)cc3)C2)C1. The second-order valence-corrected chi connectivity index (χ2v) is 5.98. The van der Waals surface area contributed by atoms with Gasteiger partial charge in [-0.1, -0.05) is 12.1 Å². The Balaban J connectivity index is 1.71. The number of aliphatic hydroxyl groups is 1. The lowest BCUT2D eigenvalue weighted by atomic mass is 9.86. The van der Waals surface area contributed by atoms with Crippen molar-refractivity contribution in [3.05, 3.63) is 29.8 Å². The first kappa shape index (κ1) is 12.0. The van der Waals surface area contributed by atoms with Crippen LogP contribution in [0.4, 0.5) is 5.69 Å². The Morgan fingerprint density at radius 1 is 1.11 bits per heavy atom. The first-order valence-corrected chi connectivity index (χ1v) is 6.84. The smallest absolute Gasteiger partial charge is 0.0681 e. The quantitative estimate of drug-likeness (QED) is 0.860. The molecule has 3 nitrogen and oxygen atoms in total. The number of aliphatic hydroxyl groups excluding tert-OH is 1. The van der Waals surface area contributed by atoms with Crippen LogP contribution in [0.15, 0.2) is 24.3 Å². The van der Waals surface area contributed by atoms with Crippen LogP contribution in [0, 0.1) is 5.41 Å². The number of benzene rings is 1. The molecule has 0 aliphatic carbocycles. The molecule has 0 amide bonds. The molecule has 3 rings (SSSR count). The van der Waals surface area contributed by atoms with Crippen LogP contribution in [-0.4, -0.2) is 43.2 Å². The average molecular weight is 246 g/mol. The van der Waals surface area contributed by atoms with Crippen molar-refractivity contribution < 1.29 is 5.11 Å². The van der Waals surface area contributed by atoms with Crippen LogP contribution in [0.3, 0.4) is 0 Å². The molecule has 2 saturated heterocycles. The number of likely N-dealkylation sites (tertiary alicyclic amines) is 1. The molecule has 1 unspecified atom stereocenters. The third-order valence-corrected chi connectivity index (χ3v) is 4.55. The number of nitrogens with zero attached hydrogens (tertiary/aromatic N) is 2. The summed E-state index contributed by atoms with van der Waals surface area (Å²) in [5.74, 6) is 0. The van der Waals surface area contributed by atoms with Crippen molar-refractivity contribution in [2.24, 2.45) is 5.41 Å². The van der Waals surface area contributed by atoms with Gasteiger partial charge in [-0.05, 0) is 44.1 Å². The van der Waals surface area contributed by atoms with Gasteiger partial charge in [0, 0.05) is 30.7 Å². The molecule has 2 heterocycles. The second-order valence-electron chi connectivity index (χ2n) is 5.98. The Morgan fingerprint density at radius 3 is 2.44 bits per heavy atom. The molecule has 1 N–H and O–H groups in total. The molecule has 1 aromatic rings. The maximum absolute atomic E-state index is 9.07. The van der Waals surface area contributed by atoms with E-state index < -0.39 is 0 Å². The zero-order valence-corrected chi connectivity index (χ0v) is 11.1. The van der Waals surface area contributed by atoms with Crippen LogP contribution in [-0.2, 0) is 6.61 Å². The summed E-state index contributed by atoms with van der Waals surface area (Å²) in [4.78, 5) is 4.96. The first-order valence-electron chi connectivity index (χ1n) is 6.84. The topological polar surface area (TPSA) is 26.7 Å². The van der Waals surface area contributed by atoms with E-state index >= 15 is 0 Å².